The van der Waals surface area contributed by atoms with E-state index in [9.17, 15) is 0 Å². The van der Waals surface area contributed by atoms with Gasteiger partial charge in [0.2, 0.25) is 0 Å². The third kappa shape index (κ3) is 3.23. The smallest absolute Gasteiger partial charge is 0.0170 e. The molecule has 1 N–H and O–H groups in total. The molecule has 1 nitrogen and oxygen atoms in total. The normalized spacial score (nSPS) is 20.2. The van der Waals surface area contributed by atoms with E-state index in [0.717, 1.165) is 24.9 Å². The molecule has 0 bridgehead atoms. The van der Waals surface area contributed by atoms with Crippen LogP contribution in [0.3, 0.4) is 0 Å². The maximum atomic E-state index is 3.60. The van der Waals surface area contributed by atoms with Gasteiger partial charge in [-0.05, 0) is 49.1 Å². The average Bonchev–Trinajstić information content (AvgIpc) is 3.29. The number of hydrogen-bond acceptors (Lipinski definition) is 1. The molecule has 0 heterocycles. The quantitative estimate of drug-likeness (QED) is 0.790. The molecule has 0 unspecified atom stereocenters. The molecular weight excluding hydrogens is 218 g/mol. The summed E-state index contributed by atoms with van der Waals surface area (Å²) in [6.07, 6.45) is 9.01. The van der Waals surface area contributed by atoms with Gasteiger partial charge in [-0.3, -0.25) is 0 Å². The van der Waals surface area contributed by atoms with Gasteiger partial charge >= 0.3 is 0 Å². The maximum Gasteiger partial charge on any atom is 0.0170 e. The van der Waals surface area contributed by atoms with Crippen LogP contribution in [0.4, 0.5) is 0 Å². The average molecular weight is 241 g/mol. The van der Waals surface area contributed by atoms with Crippen LogP contribution in [0.5, 0.6) is 0 Å². The first-order chi connectivity index (χ1) is 8.85. The fourth-order valence-corrected chi connectivity index (χ4v) is 2.36. The molecule has 0 radical (unpaired) electrons. The summed E-state index contributed by atoms with van der Waals surface area (Å²) in [6.45, 7) is 3.31. The summed E-state index contributed by atoms with van der Waals surface area (Å²) >= 11 is 0. The van der Waals surface area contributed by atoms with Gasteiger partial charge in [-0.25, -0.2) is 0 Å². The van der Waals surface area contributed by atoms with Crippen molar-refractivity contribution in [3.8, 4) is 0 Å². The first-order valence-electron chi connectivity index (χ1n) is 7.38. The Kier molecular flexibility index (Phi) is 3.51. The Balaban J connectivity index is 1.63. The molecule has 1 aromatic carbocycles. The Morgan fingerprint density at radius 2 is 1.89 bits per heavy atom. The van der Waals surface area contributed by atoms with Gasteiger partial charge in [0.05, 0.1) is 0 Å². The topological polar surface area (TPSA) is 12.0 Å². The molecule has 1 aromatic rings. The molecule has 0 aliphatic heterocycles. The lowest BCUT2D eigenvalue weighted by Gasteiger charge is -2.07. The summed E-state index contributed by atoms with van der Waals surface area (Å²) in [5.41, 5.74) is 4.40. The van der Waals surface area contributed by atoms with E-state index in [1.54, 1.807) is 0 Å². The highest BCUT2D eigenvalue weighted by molar-refractivity contribution is 5.54. The van der Waals surface area contributed by atoms with Crippen molar-refractivity contribution in [1.29, 1.82) is 0 Å². The Hall–Kier alpha value is -1.08. The highest BCUT2D eigenvalue weighted by Crippen LogP contribution is 2.39. The second-order valence-corrected chi connectivity index (χ2v) is 5.75. The molecule has 2 aliphatic rings. The van der Waals surface area contributed by atoms with E-state index in [1.807, 2.05) is 0 Å². The molecule has 0 aromatic heterocycles. The first kappa shape index (κ1) is 12.0. The van der Waals surface area contributed by atoms with Gasteiger partial charge in [0.25, 0.3) is 0 Å². The van der Waals surface area contributed by atoms with Crippen LogP contribution in [-0.4, -0.2) is 12.6 Å². The zero-order valence-electron chi connectivity index (χ0n) is 11.3. The minimum absolute atomic E-state index is 0.803. The fourth-order valence-electron chi connectivity index (χ4n) is 2.36. The van der Waals surface area contributed by atoms with Gasteiger partial charge in [-0.15, -0.1) is 0 Å². The van der Waals surface area contributed by atoms with E-state index in [2.05, 4.69) is 42.6 Å². The van der Waals surface area contributed by atoms with Gasteiger partial charge in [0, 0.05) is 12.6 Å². The van der Waals surface area contributed by atoms with Crippen molar-refractivity contribution >= 4 is 6.08 Å². The van der Waals surface area contributed by atoms with Crippen molar-refractivity contribution in [3.63, 3.8) is 0 Å². The minimum Gasteiger partial charge on any atom is -0.310 e. The second kappa shape index (κ2) is 5.27. The number of rotatable bonds is 6. The first-order valence-corrected chi connectivity index (χ1v) is 7.38. The van der Waals surface area contributed by atoms with Crippen LogP contribution < -0.4 is 5.32 Å². The molecule has 0 spiro atoms. The van der Waals surface area contributed by atoms with Crippen molar-refractivity contribution in [2.75, 3.05) is 6.54 Å². The minimum atomic E-state index is 0.803. The predicted molar refractivity (Wildman–Crippen MR) is 77.7 cm³/mol. The summed E-state index contributed by atoms with van der Waals surface area (Å²) in [5, 5.41) is 3.60. The molecule has 96 valence electrons. The van der Waals surface area contributed by atoms with Gasteiger partial charge in [-0.1, -0.05) is 42.8 Å². The standard InChI is InChI=1S/C17H23N/c1-2-13(12-18-17-9-10-17)11-14-3-5-15(6-4-14)16-7-8-16/h3-6,11,16-18H,2,7-10,12H2,1H3. The van der Waals surface area contributed by atoms with E-state index < -0.39 is 0 Å². The van der Waals surface area contributed by atoms with Crippen molar-refractivity contribution in [1.82, 2.24) is 5.32 Å². The Labute approximate surface area is 110 Å². The van der Waals surface area contributed by atoms with Crippen LogP contribution in [-0.2, 0) is 0 Å². The molecular formula is C17H23N. The largest absolute Gasteiger partial charge is 0.310 e. The third-order valence-electron chi connectivity index (χ3n) is 4.01. The Morgan fingerprint density at radius 3 is 2.44 bits per heavy atom. The van der Waals surface area contributed by atoms with Crippen LogP contribution in [0.15, 0.2) is 29.8 Å². The van der Waals surface area contributed by atoms with E-state index in [0.29, 0.717) is 0 Å². The zero-order valence-corrected chi connectivity index (χ0v) is 11.3. The lowest BCUT2D eigenvalue weighted by atomic mass is 10.0. The lowest BCUT2D eigenvalue weighted by molar-refractivity contribution is 0.723. The van der Waals surface area contributed by atoms with Crippen molar-refractivity contribution in [3.05, 3.63) is 41.0 Å². The van der Waals surface area contributed by atoms with Gasteiger partial charge < -0.3 is 5.32 Å². The third-order valence-corrected chi connectivity index (χ3v) is 4.01. The molecule has 2 fully saturated rings. The van der Waals surface area contributed by atoms with Crippen LogP contribution in [0, 0.1) is 0 Å². The van der Waals surface area contributed by atoms with Crippen LogP contribution in [0.2, 0.25) is 0 Å². The van der Waals surface area contributed by atoms with Gasteiger partial charge in [0.1, 0.15) is 0 Å². The lowest BCUT2D eigenvalue weighted by Crippen LogP contribution is -2.18. The van der Waals surface area contributed by atoms with Crippen LogP contribution >= 0.6 is 0 Å². The number of benzene rings is 1. The maximum absolute atomic E-state index is 3.60. The van der Waals surface area contributed by atoms with E-state index in [-0.39, 0.29) is 0 Å². The summed E-state index contributed by atoms with van der Waals surface area (Å²) < 4.78 is 0. The zero-order chi connectivity index (χ0) is 12.4. The number of nitrogens with one attached hydrogen (secondary N) is 1. The van der Waals surface area contributed by atoms with E-state index in [4.69, 9.17) is 0 Å². The molecule has 0 amide bonds. The monoisotopic (exact) mass is 241 g/mol. The summed E-state index contributed by atoms with van der Waals surface area (Å²) in [4.78, 5) is 0. The highest BCUT2D eigenvalue weighted by Gasteiger charge is 2.23. The molecule has 2 aliphatic carbocycles. The summed E-state index contributed by atoms with van der Waals surface area (Å²) in [5.74, 6) is 0.866. The second-order valence-electron chi connectivity index (χ2n) is 5.75. The Morgan fingerprint density at radius 1 is 1.17 bits per heavy atom. The summed E-state index contributed by atoms with van der Waals surface area (Å²) in [6, 6.07) is 9.98. The molecule has 3 rings (SSSR count). The SMILES string of the molecule is CCC(=Cc1ccc(C2CC2)cc1)CNC1CC1. The van der Waals surface area contributed by atoms with Gasteiger partial charge in [-0.2, -0.15) is 0 Å². The summed E-state index contributed by atoms with van der Waals surface area (Å²) in [7, 11) is 0. The van der Waals surface area contributed by atoms with Gasteiger partial charge in [0.15, 0.2) is 0 Å². The Bertz CT molecular complexity index is 421. The molecule has 18 heavy (non-hydrogen) atoms. The molecule has 2 saturated carbocycles. The van der Waals surface area contributed by atoms with E-state index >= 15 is 0 Å². The highest BCUT2D eigenvalue weighted by atomic mass is 14.9. The predicted octanol–water partition coefficient (Wildman–Crippen LogP) is 4.11. The fraction of sp³-hybridized carbons (Fsp3) is 0.529. The van der Waals surface area contributed by atoms with Crippen molar-refractivity contribution in [2.24, 2.45) is 0 Å². The van der Waals surface area contributed by atoms with Crippen LogP contribution in [0.1, 0.15) is 56.1 Å². The molecule has 1 heteroatoms. The van der Waals surface area contributed by atoms with E-state index in [1.165, 1.54) is 42.4 Å². The molecule has 0 saturated heterocycles. The van der Waals surface area contributed by atoms with Crippen molar-refractivity contribution in [2.45, 2.75) is 51.0 Å². The number of hydrogen-bond donors (Lipinski definition) is 1. The van der Waals surface area contributed by atoms with Crippen LogP contribution in [0.25, 0.3) is 6.08 Å². The van der Waals surface area contributed by atoms with Crippen molar-refractivity contribution < 1.29 is 0 Å². The molecule has 0 atom stereocenters.